The molecular weight excluding hydrogens is 254 g/mol. The number of piperidine rings is 1. The van der Waals surface area contributed by atoms with Crippen molar-refractivity contribution >= 4 is 16.5 Å². The van der Waals surface area contributed by atoms with E-state index in [1.54, 1.807) is 11.3 Å². The van der Waals surface area contributed by atoms with Gasteiger partial charge in [-0.2, -0.15) is 0 Å². The van der Waals surface area contributed by atoms with Crippen LogP contribution >= 0.6 is 11.3 Å². The second kappa shape index (κ2) is 7.25. The zero-order valence-electron chi connectivity index (χ0n) is 12.5. The van der Waals surface area contributed by atoms with Gasteiger partial charge in [-0.05, 0) is 37.6 Å². The molecule has 1 N–H and O–H groups in total. The van der Waals surface area contributed by atoms with Gasteiger partial charge in [0.25, 0.3) is 0 Å². The first-order chi connectivity index (χ1) is 9.20. The Bertz CT molecular complexity index is 367. The van der Waals surface area contributed by atoms with Crippen LogP contribution in [0.5, 0.6) is 0 Å². The van der Waals surface area contributed by atoms with E-state index < -0.39 is 0 Å². The number of anilines is 1. The molecule has 1 aromatic rings. The van der Waals surface area contributed by atoms with Gasteiger partial charge in [-0.1, -0.05) is 20.8 Å². The first kappa shape index (κ1) is 14.8. The molecule has 0 saturated carbocycles. The highest BCUT2D eigenvalue weighted by Crippen LogP contribution is 2.29. The Balaban J connectivity index is 1.82. The molecule has 0 unspecified atom stereocenters. The van der Waals surface area contributed by atoms with E-state index in [1.807, 2.05) is 0 Å². The van der Waals surface area contributed by atoms with Gasteiger partial charge in [0.05, 0.1) is 5.69 Å². The molecule has 0 aliphatic carbocycles. The lowest BCUT2D eigenvalue weighted by molar-refractivity contribution is 0.311. The molecule has 0 atom stereocenters. The SMILES string of the molecule is CCCNCc1csc(N2CCC(C(C)C)CC2)n1. The van der Waals surface area contributed by atoms with Gasteiger partial charge in [0.1, 0.15) is 0 Å². The summed E-state index contributed by atoms with van der Waals surface area (Å²) in [5.74, 6) is 1.73. The molecule has 1 aromatic heterocycles. The van der Waals surface area contributed by atoms with Crippen LogP contribution in [0.4, 0.5) is 5.13 Å². The van der Waals surface area contributed by atoms with Crippen LogP contribution in [0.1, 0.15) is 45.7 Å². The molecule has 19 heavy (non-hydrogen) atoms. The molecule has 0 amide bonds. The number of rotatable bonds is 6. The minimum Gasteiger partial charge on any atom is -0.348 e. The molecule has 108 valence electrons. The highest BCUT2D eigenvalue weighted by molar-refractivity contribution is 7.13. The summed E-state index contributed by atoms with van der Waals surface area (Å²) < 4.78 is 0. The van der Waals surface area contributed by atoms with Crippen molar-refractivity contribution in [1.82, 2.24) is 10.3 Å². The van der Waals surface area contributed by atoms with Crippen LogP contribution in [0.15, 0.2) is 5.38 Å². The van der Waals surface area contributed by atoms with E-state index in [1.165, 1.54) is 43.2 Å². The second-order valence-corrected chi connectivity index (χ2v) is 6.70. The van der Waals surface area contributed by atoms with Crippen LogP contribution in [0.25, 0.3) is 0 Å². The van der Waals surface area contributed by atoms with E-state index in [4.69, 9.17) is 4.98 Å². The topological polar surface area (TPSA) is 28.2 Å². The van der Waals surface area contributed by atoms with Crippen LogP contribution in [0, 0.1) is 11.8 Å². The molecule has 1 fully saturated rings. The maximum Gasteiger partial charge on any atom is 0.185 e. The Morgan fingerprint density at radius 1 is 1.42 bits per heavy atom. The number of hydrogen-bond donors (Lipinski definition) is 1. The summed E-state index contributed by atoms with van der Waals surface area (Å²) in [7, 11) is 0. The van der Waals surface area contributed by atoms with Crippen molar-refractivity contribution in [3.8, 4) is 0 Å². The van der Waals surface area contributed by atoms with E-state index in [2.05, 4.69) is 36.4 Å². The van der Waals surface area contributed by atoms with Crippen molar-refractivity contribution in [3.63, 3.8) is 0 Å². The molecule has 0 radical (unpaired) electrons. The zero-order chi connectivity index (χ0) is 13.7. The largest absolute Gasteiger partial charge is 0.348 e. The summed E-state index contributed by atoms with van der Waals surface area (Å²) in [6.07, 6.45) is 3.82. The monoisotopic (exact) mass is 281 g/mol. The summed E-state index contributed by atoms with van der Waals surface area (Å²) in [5, 5.41) is 6.83. The molecule has 4 heteroatoms. The van der Waals surface area contributed by atoms with E-state index in [-0.39, 0.29) is 0 Å². The molecule has 2 rings (SSSR count). The lowest BCUT2D eigenvalue weighted by atomic mass is 9.87. The van der Waals surface area contributed by atoms with Crippen molar-refractivity contribution in [3.05, 3.63) is 11.1 Å². The number of aromatic nitrogens is 1. The average Bonchev–Trinajstić information content (AvgIpc) is 2.88. The van der Waals surface area contributed by atoms with Crippen molar-refractivity contribution in [2.24, 2.45) is 11.8 Å². The summed E-state index contributed by atoms with van der Waals surface area (Å²) in [4.78, 5) is 7.22. The molecule has 0 bridgehead atoms. The Kier molecular flexibility index (Phi) is 5.64. The van der Waals surface area contributed by atoms with Gasteiger partial charge in [-0.25, -0.2) is 4.98 Å². The van der Waals surface area contributed by atoms with E-state index in [0.717, 1.165) is 24.9 Å². The van der Waals surface area contributed by atoms with Crippen molar-refractivity contribution in [1.29, 1.82) is 0 Å². The highest BCUT2D eigenvalue weighted by atomic mass is 32.1. The summed E-state index contributed by atoms with van der Waals surface area (Å²) in [5.41, 5.74) is 1.19. The van der Waals surface area contributed by atoms with Gasteiger partial charge in [0.15, 0.2) is 5.13 Å². The van der Waals surface area contributed by atoms with Crippen LogP contribution in [0.2, 0.25) is 0 Å². The zero-order valence-corrected chi connectivity index (χ0v) is 13.3. The van der Waals surface area contributed by atoms with Gasteiger partial charge in [-0.15, -0.1) is 11.3 Å². The lowest BCUT2D eigenvalue weighted by Crippen LogP contribution is -2.35. The maximum absolute atomic E-state index is 4.76. The highest BCUT2D eigenvalue weighted by Gasteiger charge is 2.23. The van der Waals surface area contributed by atoms with Gasteiger partial charge < -0.3 is 10.2 Å². The third-order valence-electron chi connectivity index (χ3n) is 4.03. The van der Waals surface area contributed by atoms with Gasteiger partial charge in [-0.3, -0.25) is 0 Å². The first-order valence-corrected chi connectivity index (χ1v) is 8.48. The Hall–Kier alpha value is -0.610. The fraction of sp³-hybridized carbons (Fsp3) is 0.800. The fourth-order valence-corrected chi connectivity index (χ4v) is 3.55. The Morgan fingerprint density at radius 3 is 2.79 bits per heavy atom. The number of hydrogen-bond acceptors (Lipinski definition) is 4. The quantitative estimate of drug-likeness (QED) is 0.809. The van der Waals surface area contributed by atoms with Gasteiger partial charge in [0.2, 0.25) is 0 Å². The molecule has 0 spiro atoms. The fourth-order valence-electron chi connectivity index (χ4n) is 2.67. The second-order valence-electron chi connectivity index (χ2n) is 5.87. The Labute approximate surface area is 121 Å². The van der Waals surface area contributed by atoms with Crippen LogP contribution in [-0.2, 0) is 6.54 Å². The van der Waals surface area contributed by atoms with Crippen molar-refractivity contribution < 1.29 is 0 Å². The van der Waals surface area contributed by atoms with E-state index in [0.29, 0.717) is 0 Å². The summed E-state index contributed by atoms with van der Waals surface area (Å²) in [6, 6.07) is 0. The molecule has 2 heterocycles. The molecule has 3 nitrogen and oxygen atoms in total. The maximum atomic E-state index is 4.76. The van der Waals surface area contributed by atoms with Crippen LogP contribution in [-0.4, -0.2) is 24.6 Å². The minimum absolute atomic E-state index is 0.826. The predicted molar refractivity (Wildman–Crippen MR) is 83.9 cm³/mol. The van der Waals surface area contributed by atoms with Gasteiger partial charge >= 0.3 is 0 Å². The van der Waals surface area contributed by atoms with E-state index in [9.17, 15) is 0 Å². The number of nitrogens with zero attached hydrogens (tertiary/aromatic N) is 2. The predicted octanol–water partition coefficient (Wildman–Crippen LogP) is 3.52. The summed E-state index contributed by atoms with van der Waals surface area (Å²) >= 11 is 1.80. The smallest absolute Gasteiger partial charge is 0.185 e. The van der Waals surface area contributed by atoms with Crippen LogP contribution < -0.4 is 10.2 Å². The first-order valence-electron chi connectivity index (χ1n) is 7.60. The third-order valence-corrected chi connectivity index (χ3v) is 4.98. The molecule has 0 aromatic carbocycles. The van der Waals surface area contributed by atoms with Gasteiger partial charge in [0, 0.05) is 25.0 Å². The standard InChI is InChI=1S/C15H27N3S/c1-4-7-16-10-14-11-19-15(17-14)18-8-5-13(6-9-18)12(2)3/h11-13,16H,4-10H2,1-3H3. The van der Waals surface area contributed by atoms with Crippen LogP contribution in [0.3, 0.4) is 0 Å². The number of thiazole rings is 1. The molecular formula is C15H27N3S. The van der Waals surface area contributed by atoms with E-state index >= 15 is 0 Å². The molecule has 1 aliphatic rings. The summed E-state index contributed by atoms with van der Waals surface area (Å²) in [6.45, 7) is 11.2. The third kappa shape index (κ3) is 4.18. The normalized spacial score (nSPS) is 17.4. The minimum atomic E-state index is 0.826. The van der Waals surface area contributed by atoms with Crippen molar-refractivity contribution in [2.75, 3.05) is 24.5 Å². The average molecular weight is 281 g/mol. The lowest BCUT2D eigenvalue weighted by Gasteiger charge is -2.33. The van der Waals surface area contributed by atoms with Crippen molar-refractivity contribution in [2.45, 2.75) is 46.6 Å². The molecule has 1 aliphatic heterocycles. The molecule has 1 saturated heterocycles. The number of nitrogens with one attached hydrogen (secondary N) is 1. The Morgan fingerprint density at radius 2 is 2.16 bits per heavy atom.